The number of morpholine rings is 1. The van der Waals surface area contributed by atoms with E-state index in [2.05, 4.69) is 41.4 Å². The van der Waals surface area contributed by atoms with Gasteiger partial charge in [0.2, 0.25) is 0 Å². The lowest BCUT2D eigenvalue weighted by atomic mass is 10.0. The minimum Gasteiger partial charge on any atom is -0.501 e. The number of amides is 1. The van der Waals surface area contributed by atoms with Gasteiger partial charge in [0.05, 0.1) is 37.2 Å². The quantitative estimate of drug-likeness (QED) is 0.861. The molecule has 0 aliphatic carbocycles. The molecule has 0 aromatic heterocycles. The van der Waals surface area contributed by atoms with E-state index in [1.165, 1.54) is 5.56 Å². The highest BCUT2D eigenvalue weighted by molar-refractivity contribution is 5.93. The number of carbonyl (C=O) groups is 1. The second kappa shape index (κ2) is 9.02. The summed E-state index contributed by atoms with van der Waals surface area (Å²) in [6.07, 6.45) is 4.17. The van der Waals surface area contributed by atoms with E-state index in [1.807, 2.05) is 6.07 Å². The summed E-state index contributed by atoms with van der Waals surface area (Å²) < 4.78 is 11.3. The molecule has 5 nitrogen and oxygen atoms in total. The molecule has 0 radical (unpaired) electrons. The Balaban J connectivity index is 1.56. The van der Waals surface area contributed by atoms with Gasteiger partial charge in [0, 0.05) is 19.6 Å². The number of hydrogen-bond acceptors (Lipinski definition) is 4. The summed E-state index contributed by atoms with van der Waals surface area (Å²) in [6.45, 7) is 6.18. The van der Waals surface area contributed by atoms with Crippen molar-refractivity contribution in [3.63, 3.8) is 0 Å². The number of hydrogen-bond donors (Lipinski definition) is 1. The number of ether oxygens (including phenoxy) is 2. The first-order valence-electron chi connectivity index (χ1n) is 9.25. The molecular formula is C20H28N2O3. The maximum absolute atomic E-state index is 12.5. The largest absolute Gasteiger partial charge is 0.501 e. The van der Waals surface area contributed by atoms with Crippen LogP contribution in [0.25, 0.3) is 0 Å². The van der Waals surface area contributed by atoms with Gasteiger partial charge >= 0.3 is 0 Å². The fraction of sp³-hybridized carbons (Fsp3) is 0.550. The molecule has 1 N–H and O–H groups in total. The second-order valence-corrected chi connectivity index (χ2v) is 6.74. The first-order chi connectivity index (χ1) is 12.3. The minimum atomic E-state index is -0.0182. The van der Waals surface area contributed by atoms with Crippen LogP contribution in [0.5, 0.6) is 0 Å². The molecule has 1 fully saturated rings. The van der Waals surface area contributed by atoms with Gasteiger partial charge in [0.25, 0.3) is 5.91 Å². The van der Waals surface area contributed by atoms with Crippen LogP contribution in [0.4, 0.5) is 0 Å². The predicted octanol–water partition coefficient (Wildman–Crippen LogP) is 2.48. The molecule has 2 heterocycles. The van der Waals surface area contributed by atoms with E-state index >= 15 is 0 Å². The Labute approximate surface area is 150 Å². The standard InChI is InChI=1S/C20H28N2O3/c1-2-18(21-20(23)17-9-6-11-24-15-17)19-14-22(10-12-25-19)13-16-7-4-3-5-8-16/h3-5,7-8,15,18-19H,2,6,9-14H2,1H3,(H,21,23)/t18-,19+/m0/s1. The van der Waals surface area contributed by atoms with Crippen LogP contribution in [-0.2, 0) is 20.8 Å². The molecule has 1 saturated heterocycles. The van der Waals surface area contributed by atoms with Crippen molar-refractivity contribution in [2.45, 2.75) is 44.9 Å². The van der Waals surface area contributed by atoms with E-state index in [0.717, 1.165) is 44.5 Å². The van der Waals surface area contributed by atoms with Gasteiger partial charge in [-0.1, -0.05) is 37.3 Å². The van der Waals surface area contributed by atoms with Crippen molar-refractivity contribution in [3.8, 4) is 0 Å². The molecule has 0 spiro atoms. The van der Waals surface area contributed by atoms with Crippen molar-refractivity contribution in [1.82, 2.24) is 10.2 Å². The molecule has 0 unspecified atom stereocenters. The van der Waals surface area contributed by atoms with Crippen LogP contribution in [0, 0.1) is 0 Å². The van der Waals surface area contributed by atoms with Gasteiger partial charge in [-0.2, -0.15) is 0 Å². The van der Waals surface area contributed by atoms with Gasteiger partial charge in [-0.3, -0.25) is 9.69 Å². The summed E-state index contributed by atoms with van der Waals surface area (Å²) in [5, 5.41) is 3.15. The lowest BCUT2D eigenvalue weighted by Gasteiger charge is -2.37. The van der Waals surface area contributed by atoms with Crippen LogP contribution in [0.2, 0.25) is 0 Å². The number of nitrogens with zero attached hydrogens (tertiary/aromatic N) is 1. The van der Waals surface area contributed by atoms with Gasteiger partial charge in [-0.25, -0.2) is 0 Å². The zero-order valence-corrected chi connectivity index (χ0v) is 14.9. The highest BCUT2D eigenvalue weighted by Crippen LogP contribution is 2.17. The van der Waals surface area contributed by atoms with E-state index in [9.17, 15) is 4.79 Å². The van der Waals surface area contributed by atoms with Crippen LogP contribution in [0.15, 0.2) is 42.2 Å². The van der Waals surface area contributed by atoms with Crippen molar-refractivity contribution in [2.75, 3.05) is 26.3 Å². The van der Waals surface area contributed by atoms with Crippen LogP contribution in [0.3, 0.4) is 0 Å². The van der Waals surface area contributed by atoms with Crippen LogP contribution < -0.4 is 5.32 Å². The average molecular weight is 344 g/mol. The fourth-order valence-corrected chi connectivity index (χ4v) is 3.41. The zero-order chi connectivity index (χ0) is 17.5. The van der Waals surface area contributed by atoms with Crippen LogP contribution in [-0.4, -0.2) is 49.3 Å². The average Bonchev–Trinajstić information content (AvgIpc) is 2.67. The molecule has 25 heavy (non-hydrogen) atoms. The monoisotopic (exact) mass is 344 g/mol. The van der Waals surface area contributed by atoms with E-state index in [1.54, 1.807) is 6.26 Å². The van der Waals surface area contributed by atoms with Crippen LogP contribution in [0.1, 0.15) is 31.7 Å². The molecule has 0 bridgehead atoms. The van der Waals surface area contributed by atoms with Crippen molar-refractivity contribution in [3.05, 3.63) is 47.7 Å². The van der Waals surface area contributed by atoms with Gasteiger partial charge in [-0.15, -0.1) is 0 Å². The maximum Gasteiger partial charge on any atom is 0.250 e. The number of carbonyl (C=O) groups excluding carboxylic acids is 1. The molecule has 136 valence electrons. The minimum absolute atomic E-state index is 0.0182. The van der Waals surface area contributed by atoms with Gasteiger partial charge in [-0.05, 0) is 24.8 Å². The van der Waals surface area contributed by atoms with Crippen LogP contribution >= 0.6 is 0 Å². The van der Waals surface area contributed by atoms with Crippen molar-refractivity contribution < 1.29 is 14.3 Å². The molecular weight excluding hydrogens is 316 g/mol. The van der Waals surface area contributed by atoms with E-state index < -0.39 is 0 Å². The molecule has 5 heteroatoms. The summed E-state index contributed by atoms with van der Waals surface area (Å²) in [5.41, 5.74) is 2.05. The van der Waals surface area contributed by atoms with Gasteiger partial charge < -0.3 is 14.8 Å². The fourth-order valence-electron chi connectivity index (χ4n) is 3.41. The van der Waals surface area contributed by atoms with Gasteiger partial charge in [0.15, 0.2) is 0 Å². The molecule has 3 rings (SSSR count). The van der Waals surface area contributed by atoms with E-state index in [4.69, 9.17) is 9.47 Å². The Morgan fingerprint density at radius 1 is 1.32 bits per heavy atom. The Bertz CT molecular complexity index is 588. The van der Waals surface area contributed by atoms with Crippen molar-refractivity contribution in [1.29, 1.82) is 0 Å². The molecule has 1 aromatic carbocycles. The summed E-state index contributed by atoms with van der Waals surface area (Å²) in [5.74, 6) is -0.0182. The summed E-state index contributed by atoms with van der Waals surface area (Å²) >= 11 is 0. The Hall–Kier alpha value is -1.85. The molecule has 0 saturated carbocycles. The lowest BCUT2D eigenvalue weighted by Crippen LogP contribution is -2.53. The first kappa shape index (κ1) is 18.0. The molecule has 1 amide bonds. The molecule has 2 atom stereocenters. The van der Waals surface area contributed by atoms with Gasteiger partial charge in [0.1, 0.15) is 0 Å². The Morgan fingerprint density at radius 3 is 2.88 bits per heavy atom. The topological polar surface area (TPSA) is 50.8 Å². The zero-order valence-electron chi connectivity index (χ0n) is 14.9. The third-order valence-corrected chi connectivity index (χ3v) is 4.86. The molecule has 2 aliphatic rings. The Kier molecular flexibility index (Phi) is 6.48. The summed E-state index contributed by atoms with van der Waals surface area (Å²) in [6, 6.07) is 10.5. The summed E-state index contributed by atoms with van der Waals surface area (Å²) in [4.78, 5) is 14.9. The van der Waals surface area contributed by atoms with E-state index in [0.29, 0.717) is 13.2 Å². The van der Waals surface area contributed by atoms with Crippen molar-refractivity contribution in [2.24, 2.45) is 0 Å². The number of benzene rings is 1. The second-order valence-electron chi connectivity index (χ2n) is 6.74. The molecule has 1 aromatic rings. The third-order valence-electron chi connectivity index (χ3n) is 4.86. The summed E-state index contributed by atoms with van der Waals surface area (Å²) in [7, 11) is 0. The lowest BCUT2D eigenvalue weighted by molar-refractivity contribution is -0.121. The first-order valence-corrected chi connectivity index (χ1v) is 9.25. The highest BCUT2D eigenvalue weighted by Gasteiger charge is 2.29. The predicted molar refractivity (Wildman–Crippen MR) is 96.9 cm³/mol. The normalized spacial score (nSPS) is 22.6. The maximum atomic E-state index is 12.5. The third kappa shape index (κ3) is 5.06. The number of rotatable bonds is 6. The number of nitrogens with one attached hydrogen (secondary N) is 1. The van der Waals surface area contributed by atoms with Crippen molar-refractivity contribution >= 4 is 5.91 Å². The van der Waals surface area contributed by atoms with E-state index in [-0.39, 0.29) is 18.1 Å². The molecule has 2 aliphatic heterocycles. The Morgan fingerprint density at radius 2 is 2.16 bits per heavy atom. The SMILES string of the molecule is CC[C@H](NC(=O)C1=COCCC1)[C@H]1CN(Cc2ccccc2)CCO1. The highest BCUT2D eigenvalue weighted by atomic mass is 16.5. The smallest absolute Gasteiger partial charge is 0.250 e.